The SMILES string of the molecule is CSc1ccccc1C(=O)N[C@H](CO)c1ccccc1. The number of carbonyl (C=O) groups is 1. The Morgan fingerprint density at radius 1 is 1.15 bits per heavy atom. The summed E-state index contributed by atoms with van der Waals surface area (Å²) in [5, 5.41) is 12.4. The topological polar surface area (TPSA) is 49.3 Å². The summed E-state index contributed by atoms with van der Waals surface area (Å²) < 4.78 is 0. The van der Waals surface area contributed by atoms with E-state index in [9.17, 15) is 9.90 Å². The third-order valence-corrected chi connectivity index (χ3v) is 3.84. The van der Waals surface area contributed by atoms with Crippen molar-refractivity contribution in [1.82, 2.24) is 5.32 Å². The molecule has 2 rings (SSSR count). The lowest BCUT2D eigenvalue weighted by Gasteiger charge is -2.17. The lowest BCUT2D eigenvalue weighted by atomic mass is 10.1. The lowest BCUT2D eigenvalue weighted by Crippen LogP contribution is -2.31. The van der Waals surface area contributed by atoms with Gasteiger partial charge in [-0.15, -0.1) is 11.8 Å². The van der Waals surface area contributed by atoms with Crippen LogP contribution in [0, 0.1) is 0 Å². The van der Waals surface area contributed by atoms with Crippen molar-refractivity contribution in [3.63, 3.8) is 0 Å². The summed E-state index contributed by atoms with van der Waals surface area (Å²) in [6.07, 6.45) is 1.94. The summed E-state index contributed by atoms with van der Waals surface area (Å²) in [6, 6.07) is 16.5. The number of benzene rings is 2. The van der Waals surface area contributed by atoms with E-state index in [0.717, 1.165) is 10.5 Å². The van der Waals surface area contributed by atoms with Crippen molar-refractivity contribution < 1.29 is 9.90 Å². The summed E-state index contributed by atoms with van der Waals surface area (Å²) >= 11 is 1.53. The Bertz CT molecular complexity index is 572. The van der Waals surface area contributed by atoms with E-state index in [-0.39, 0.29) is 12.5 Å². The highest BCUT2D eigenvalue weighted by Crippen LogP contribution is 2.21. The third kappa shape index (κ3) is 3.40. The molecule has 0 radical (unpaired) electrons. The first-order chi connectivity index (χ1) is 9.76. The summed E-state index contributed by atoms with van der Waals surface area (Å²) in [7, 11) is 0. The summed E-state index contributed by atoms with van der Waals surface area (Å²) in [5.41, 5.74) is 1.53. The number of rotatable bonds is 5. The molecule has 0 saturated heterocycles. The van der Waals surface area contributed by atoms with Crippen LogP contribution in [0.2, 0.25) is 0 Å². The van der Waals surface area contributed by atoms with E-state index in [2.05, 4.69) is 5.32 Å². The number of nitrogens with one attached hydrogen (secondary N) is 1. The average molecular weight is 287 g/mol. The molecule has 0 aliphatic heterocycles. The molecule has 104 valence electrons. The van der Waals surface area contributed by atoms with Gasteiger partial charge in [-0.1, -0.05) is 42.5 Å². The van der Waals surface area contributed by atoms with Gasteiger partial charge in [0.25, 0.3) is 5.91 Å². The second-order valence-corrected chi connectivity index (χ2v) is 5.17. The molecular weight excluding hydrogens is 270 g/mol. The first-order valence-corrected chi connectivity index (χ1v) is 7.58. The van der Waals surface area contributed by atoms with Crippen LogP contribution < -0.4 is 5.32 Å². The van der Waals surface area contributed by atoms with Crippen molar-refractivity contribution in [2.24, 2.45) is 0 Å². The van der Waals surface area contributed by atoms with Gasteiger partial charge in [0.15, 0.2) is 0 Å². The van der Waals surface area contributed by atoms with Crippen molar-refractivity contribution in [1.29, 1.82) is 0 Å². The zero-order valence-corrected chi connectivity index (χ0v) is 12.1. The number of hydrogen-bond acceptors (Lipinski definition) is 3. The molecule has 4 heteroatoms. The zero-order chi connectivity index (χ0) is 14.4. The van der Waals surface area contributed by atoms with Gasteiger partial charge in [-0.2, -0.15) is 0 Å². The summed E-state index contributed by atoms with van der Waals surface area (Å²) in [6.45, 7) is -0.128. The van der Waals surface area contributed by atoms with Crippen molar-refractivity contribution in [3.8, 4) is 0 Å². The van der Waals surface area contributed by atoms with E-state index >= 15 is 0 Å². The molecule has 0 saturated carbocycles. The van der Waals surface area contributed by atoms with Crippen molar-refractivity contribution >= 4 is 17.7 Å². The molecule has 20 heavy (non-hydrogen) atoms. The predicted octanol–water partition coefficient (Wildman–Crippen LogP) is 2.87. The van der Waals surface area contributed by atoms with Gasteiger partial charge >= 0.3 is 0 Å². The number of hydrogen-bond donors (Lipinski definition) is 2. The maximum Gasteiger partial charge on any atom is 0.252 e. The normalized spacial score (nSPS) is 11.9. The lowest BCUT2D eigenvalue weighted by molar-refractivity contribution is 0.0913. The maximum atomic E-state index is 12.3. The molecule has 3 nitrogen and oxygen atoms in total. The van der Waals surface area contributed by atoms with Gasteiger partial charge in [0.05, 0.1) is 18.2 Å². The Labute approximate surface area is 123 Å². The molecule has 1 amide bonds. The van der Waals surface area contributed by atoms with E-state index in [4.69, 9.17) is 0 Å². The van der Waals surface area contributed by atoms with Crippen LogP contribution in [-0.4, -0.2) is 23.9 Å². The van der Waals surface area contributed by atoms with E-state index < -0.39 is 6.04 Å². The number of thioether (sulfide) groups is 1. The van der Waals surface area contributed by atoms with Crippen LogP contribution in [-0.2, 0) is 0 Å². The van der Waals surface area contributed by atoms with E-state index in [1.54, 1.807) is 6.07 Å². The van der Waals surface area contributed by atoms with E-state index in [1.807, 2.05) is 54.8 Å². The molecule has 0 heterocycles. The fourth-order valence-corrected chi connectivity index (χ4v) is 2.58. The standard InChI is InChI=1S/C16H17NO2S/c1-20-15-10-6-5-9-13(15)16(19)17-14(11-18)12-7-3-2-4-8-12/h2-10,14,18H,11H2,1H3,(H,17,19)/t14-/m1/s1. The highest BCUT2D eigenvalue weighted by Gasteiger charge is 2.16. The van der Waals surface area contributed by atoms with Crippen molar-refractivity contribution in [2.45, 2.75) is 10.9 Å². The van der Waals surface area contributed by atoms with Gasteiger partial charge in [0.1, 0.15) is 0 Å². The highest BCUT2D eigenvalue weighted by atomic mass is 32.2. The molecule has 2 aromatic rings. The quantitative estimate of drug-likeness (QED) is 0.831. The predicted molar refractivity (Wildman–Crippen MR) is 82.0 cm³/mol. The Morgan fingerprint density at radius 2 is 1.80 bits per heavy atom. The Hall–Kier alpha value is -1.78. The molecular formula is C16H17NO2S. The second-order valence-electron chi connectivity index (χ2n) is 4.32. The van der Waals surface area contributed by atoms with Crippen LogP contribution in [0.3, 0.4) is 0 Å². The van der Waals surface area contributed by atoms with Crippen LogP contribution in [0.15, 0.2) is 59.5 Å². The van der Waals surface area contributed by atoms with Crippen molar-refractivity contribution in [3.05, 3.63) is 65.7 Å². The first-order valence-electron chi connectivity index (χ1n) is 6.36. The molecule has 0 aliphatic carbocycles. The fraction of sp³-hybridized carbons (Fsp3) is 0.188. The Balaban J connectivity index is 2.18. The van der Waals surface area contributed by atoms with Gasteiger partial charge in [-0.25, -0.2) is 0 Å². The van der Waals surface area contributed by atoms with Crippen LogP contribution in [0.5, 0.6) is 0 Å². The molecule has 0 spiro atoms. The van der Waals surface area contributed by atoms with Gasteiger partial charge in [-0.05, 0) is 24.0 Å². The minimum atomic E-state index is -0.390. The summed E-state index contributed by atoms with van der Waals surface area (Å²) in [4.78, 5) is 13.3. The third-order valence-electron chi connectivity index (χ3n) is 3.04. The minimum Gasteiger partial charge on any atom is -0.394 e. The van der Waals surface area contributed by atoms with Gasteiger partial charge in [0, 0.05) is 4.90 Å². The number of amides is 1. The molecule has 0 bridgehead atoms. The van der Waals surface area contributed by atoms with Crippen molar-refractivity contribution in [2.75, 3.05) is 12.9 Å². The second kappa shape index (κ2) is 7.12. The zero-order valence-electron chi connectivity index (χ0n) is 11.2. The van der Waals surface area contributed by atoms with E-state index in [1.165, 1.54) is 11.8 Å². The van der Waals surface area contributed by atoms with Gasteiger partial charge in [-0.3, -0.25) is 4.79 Å². The first kappa shape index (κ1) is 14.6. The molecule has 0 aromatic heterocycles. The smallest absolute Gasteiger partial charge is 0.252 e. The largest absolute Gasteiger partial charge is 0.394 e. The molecule has 0 fully saturated rings. The number of aliphatic hydroxyl groups excluding tert-OH is 1. The molecule has 1 atom stereocenters. The van der Waals surface area contributed by atoms with Crippen LogP contribution in [0.4, 0.5) is 0 Å². The molecule has 0 aliphatic rings. The fourth-order valence-electron chi connectivity index (χ4n) is 1.99. The van der Waals surface area contributed by atoms with Gasteiger partial charge < -0.3 is 10.4 Å². The van der Waals surface area contributed by atoms with Crippen LogP contribution in [0.25, 0.3) is 0 Å². The maximum absolute atomic E-state index is 12.3. The average Bonchev–Trinajstić information content (AvgIpc) is 2.53. The number of carbonyl (C=O) groups excluding carboxylic acids is 1. The molecule has 0 unspecified atom stereocenters. The highest BCUT2D eigenvalue weighted by molar-refractivity contribution is 7.98. The Kier molecular flexibility index (Phi) is 5.21. The number of aliphatic hydroxyl groups is 1. The summed E-state index contributed by atoms with van der Waals surface area (Å²) in [5.74, 6) is -0.169. The molecule has 2 N–H and O–H groups in total. The van der Waals surface area contributed by atoms with Gasteiger partial charge in [0.2, 0.25) is 0 Å². The minimum absolute atomic E-state index is 0.128. The van der Waals surface area contributed by atoms with Crippen LogP contribution >= 0.6 is 11.8 Å². The Morgan fingerprint density at radius 3 is 2.45 bits per heavy atom. The van der Waals surface area contributed by atoms with E-state index in [0.29, 0.717) is 5.56 Å². The molecule has 2 aromatic carbocycles. The monoisotopic (exact) mass is 287 g/mol. The van der Waals surface area contributed by atoms with Crippen LogP contribution in [0.1, 0.15) is 22.0 Å².